The van der Waals surface area contributed by atoms with Gasteiger partial charge in [0.2, 0.25) is 0 Å². The van der Waals surface area contributed by atoms with Crippen LogP contribution >= 0.6 is 0 Å². The molecular weight excluding hydrogens is 168 g/mol. The van der Waals surface area contributed by atoms with Gasteiger partial charge >= 0.3 is 0 Å². The Bertz CT molecular complexity index is 330. The minimum Gasteiger partial charge on any atom is -0.0843 e. The van der Waals surface area contributed by atoms with Crippen molar-refractivity contribution in [3.8, 4) is 0 Å². The van der Waals surface area contributed by atoms with Crippen molar-refractivity contribution in [2.45, 2.75) is 25.7 Å². The second-order valence-corrected chi connectivity index (χ2v) is 3.77. The molecule has 72 valence electrons. The second-order valence-electron chi connectivity index (χ2n) is 3.77. The molecule has 0 spiro atoms. The Labute approximate surface area is 86.0 Å². The highest BCUT2D eigenvalue weighted by molar-refractivity contribution is 5.29. The van der Waals surface area contributed by atoms with Gasteiger partial charge in [-0.2, -0.15) is 0 Å². The molecule has 0 unspecified atom stereocenters. The van der Waals surface area contributed by atoms with Crippen LogP contribution in [0.1, 0.15) is 24.8 Å². The summed E-state index contributed by atoms with van der Waals surface area (Å²) in [7, 11) is 0. The summed E-state index contributed by atoms with van der Waals surface area (Å²) >= 11 is 0. The van der Waals surface area contributed by atoms with E-state index in [1.165, 1.54) is 30.4 Å². The van der Waals surface area contributed by atoms with Crippen LogP contribution < -0.4 is 0 Å². The Morgan fingerprint density at radius 3 is 2.71 bits per heavy atom. The smallest absolute Gasteiger partial charge is 0.00290 e. The molecule has 0 saturated heterocycles. The zero-order chi connectivity index (χ0) is 9.64. The lowest BCUT2D eigenvalue weighted by Crippen LogP contribution is -1.86. The zero-order valence-corrected chi connectivity index (χ0v) is 8.45. The third-order valence-electron chi connectivity index (χ3n) is 2.56. The van der Waals surface area contributed by atoms with Gasteiger partial charge in [0.1, 0.15) is 0 Å². The molecule has 0 heteroatoms. The lowest BCUT2D eigenvalue weighted by atomic mass is 10.0. The van der Waals surface area contributed by atoms with Crippen LogP contribution in [-0.4, -0.2) is 0 Å². The van der Waals surface area contributed by atoms with Gasteiger partial charge in [-0.1, -0.05) is 48.6 Å². The summed E-state index contributed by atoms with van der Waals surface area (Å²) in [6, 6.07) is 10.7. The Morgan fingerprint density at radius 2 is 1.86 bits per heavy atom. The van der Waals surface area contributed by atoms with Crippen molar-refractivity contribution in [3.05, 3.63) is 59.7 Å². The maximum absolute atomic E-state index is 2.37. The molecular formula is C14H16. The summed E-state index contributed by atoms with van der Waals surface area (Å²) in [5.74, 6) is 0. The topological polar surface area (TPSA) is 0 Å². The van der Waals surface area contributed by atoms with Gasteiger partial charge in [0.25, 0.3) is 0 Å². The number of hydrogen-bond donors (Lipinski definition) is 0. The Balaban J connectivity index is 2.06. The van der Waals surface area contributed by atoms with E-state index in [9.17, 15) is 0 Å². The molecule has 0 saturated carbocycles. The standard InChI is InChI=1S/C14H16/c1-2-5-9-13(8-4-1)12-14-10-6-3-7-11-14/h3-4,6-11H,1-2,5,12H2. The molecule has 0 aromatic heterocycles. The van der Waals surface area contributed by atoms with Gasteiger partial charge in [-0.05, 0) is 36.8 Å². The van der Waals surface area contributed by atoms with E-state index in [0.29, 0.717) is 0 Å². The van der Waals surface area contributed by atoms with Crippen LogP contribution in [0.5, 0.6) is 0 Å². The molecule has 14 heavy (non-hydrogen) atoms. The quantitative estimate of drug-likeness (QED) is 0.654. The van der Waals surface area contributed by atoms with Crippen LogP contribution in [0.25, 0.3) is 0 Å². The number of benzene rings is 1. The lowest BCUT2D eigenvalue weighted by Gasteiger charge is -2.01. The van der Waals surface area contributed by atoms with Crippen molar-refractivity contribution in [2.75, 3.05) is 0 Å². The van der Waals surface area contributed by atoms with Crippen molar-refractivity contribution in [1.29, 1.82) is 0 Å². The molecule has 2 rings (SSSR count). The highest BCUT2D eigenvalue weighted by Crippen LogP contribution is 2.14. The van der Waals surface area contributed by atoms with E-state index < -0.39 is 0 Å². The summed E-state index contributed by atoms with van der Waals surface area (Å²) in [6.07, 6.45) is 11.8. The van der Waals surface area contributed by atoms with Crippen LogP contribution in [0.3, 0.4) is 0 Å². The van der Waals surface area contributed by atoms with Gasteiger partial charge in [-0.15, -0.1) is 0 Å². The van der Waals surface area contributed by atoms with Crippen molar-refractivity contribution < 1.29 is 0 Å². The van der Waals surface area contributed by atoms with Gasteiger partial charge in [-0.3, -0.25) is 0 Å². The highest BCUT2D eigenvalue weighted by Gasteiger charge is 1.98. The molecule has 0 heterocycles. The molecule has 1 aliphatic carbocycles. The van der Waals surface area contributed by atoms with E-state index >= 15 is 0 Å². The van der Waals surface area contributed by atoms with Crippen molar-refractivity contribution >= 4 is 0 Å². The van der Waals surface area contributed by atoms with E-state index in [-0.39, 0.29) is 0 Å². The van der Waals surface area contributed by atoms with E-state index in [2.05, 4.69) is 48.6 Å². The number of hydrogen-bond acceptors (Lipinski definition) is 0. The van der Waals surface area contributed by atoms with Crippen LogP contribution in [-0.2, 0) is 6.42 Å². The SMILES string of the molecule is C1=CC(Cc2ccccc2)=CCCC1. The van der Waals surface area contributed by atoms with Crippen LogP contribution in [0.15, 0.2) is 54.1 Å². The first-order valence-electron chi connectivity index (χ1n) is 5.34. The third-order valence-corrected chi connectivity index (χ3v) is 2.56. The molecule has 0 bridgehead atoms. The molecule has 1 aliphatic rings. The fraction of sp³-hybridized carbons (Fsp3) is 0.286. The maximum atomic E-state index is 2.37. The molecule has 1 aromatic rings. The zero-order valence-electron chi connectivity index (χ0n) is 8.45. The molecule has 0 aliphatic heterocycles. The summed E-state index contributed by atoms with van der Waals surface area (Å²) in [6.45, 7) is 0. The first-order valence-corrected chi connectivity index (χ1v) is 5.34. The van der Waals surface area contributed by atoms with E-state index in [1.807, 2.05) is 0 Å². The third kappa shape index (κ3) is 2.59. The lowest BCUT2D eigenvalue weighted by molar-refractivity contribution is 0.873. The van der Waals surface area contributed by atoms with Crippen LogP contribution in [0.4, 0.5) is 0 Å². The maximum Gasteiger partial charge on any atom is -0.00290 e. The summed E-state index contributed by atoms with van der Waals surface area (Å²) in [5.41, 5.74) is 2.87. The van der Waals surface area contributed by atoms with Crippen LogP contribution in [0.2, 0.25) is 0 Å². The summed E-state index contributed by atoms with van der Waals surface area (Å²) in [4.78, 5) is 0. The largest absolute Gasteiger partial charge is 0.0843 e. The van der Waals surface area contributed by atoms with Crippen molar-refractivity contribution in [2.24, 2.45) is 0 Å². The molecule has 0 amide bonds. The Morgan fingerprint density at radius 1 is 1.00 bits per heavy atom. The predicted octanol–water partition coefficient (Wildman–Crippen LogP) is 3.90. The highest BCUT2D eigenvalue weighted by atomic mass is 14.0. The first kappa shape index (κ1) is 9.26. The van der Waals surface area contributed by atoms with Crippen molar-refractivity contribution in [3.63, 3.8) is 0 Å². The van der Waals surface area contributed by atoms with Gasteiger partial charge in [0.05, 0.1) is 0 Å². The molecule has 0 nitrogen and oxygen atoms in total. The Kier molecular flexibility index (Phi) is 3.18. The summed E-state index contributed by atoms with van der Waals surface area (Å²) in [5, 5.41) is 0. The minimum atomic E-state index is 1.08. The number of allylic oxidation sites excluding steroid dienone is 4. The average Bonchev–Trinajstić information content (AvgIpc) is 2.48. The molecule has 0 N–H and O–H groups in total. The van der Waals surface area contributed by atoms with Gasteiger partial charge in [0.15, 0.2) is 0 Å². The van der Waals surface area contributed by atoms with E-state index in [0.717, 1.165) is 6.42 Å². The number of rotatable bonds is 2. The average molecular weight is 184 g/mol. The predicted molar refractivity (Wildman–Crippen MR) is 61.2 cm³/mol. The molecule has 0 atom stereocenters. The molecule has 0 radical (unpaired) electrons. The fourth-order valence-electron chi connectivity index (χ4n) is 1.79. The van der Waals surface area contributed by atoms with Crippen LogP contribution in [0, 0.1) is 0 Å². The Hall–Kier alpha value is -1.30. The fourth-order valence-corrected chi connectivity index (χ4v) is 1.79. The minimum absolute atomic E-state index is 1.08. The summed E-state index contributed by atoms with van der Waals surface area (Å²) < 4.78 is 0. The van der Waals surface area contributed by atoms with E-state index in [4.69, 9.17) is 0 Å². The molecule has 1 aromatic carbocycles. The van der Waals surface area contributed by atoms with Gasteiger partial charge in [0, 0.05) is 0 Å². The molecule has 0 fully saturated rings. The normalized spacial score (nSPS) is 16.1. The van der Waals surface area contributed by atoms with E-state index in [1.54, 1.807) is 0 Å². The first-order chi connectivity index (χ1) is 6.95. The monoisotopic (exact) mass is 184 g/mol. The second kappa shape index (κ2) is 4.80. The van der Waals surface area contributed by atoms with Gasteiger partial charge < -0.3 is 0 Å². The van der Waals surface area contributed by atoms with Crippen molar-refractivity contribution in [1.82, 2.24) is 0 Å². The van der Waals surface area contributed by atoms with Gasteiger partial charge in [-0.25, -0.2) is 0 Å².